The van der Waals surface area contributed by atoms with E-state index in [4.69, 9.17) is 4.74 Å². The first kappa shape index (κ1) is 20.0. The normalized spacial score (nSPS) is 15.5. The number of carbonyl (C=O) groups excluding carboxylic acids is 2. The monoisotopic (exact) mass is 383 g/mol. The van der Waals surface area contributed by atoms with E-state index in [1.165, 1.54) is 6.07 Å². The molecule has 0 saturated carbocycles. The van der Waals surface area contributed by atoms with E-state index >= 15 is 0 Å². The minimum Gasteiger partial charge on any atom is -0.444 e. The minimum absolute atomic E-state index is 0.203. The number of hydrogen-bond acceptors (Lipinski definition) is 5. The number of nitrogens with one attached hydrogen (secondary N) is 1. The molecule has 2 rings (SSSR count). The van der Waals surface area contributed by atoms with Crippen molar-refractivity contribution in [3.63, 3.8) is 0 Å². The fraction of sp³-hybridized carbons (Fsp3) is 0.529. The molecule has 1 saturated heterocycles. The van der Waals surface area contributed by atoms with Crippen LogP contribution in [0.3, 0.4) is 0 Å². The van der Waals surface area contributed by atoms with E-state index in [0.29, 0.717) is 37.4 Å². The Morgan fingerprint density at radius 1 is 1.08 bits per heavy atom. The van der Waals surface area contributed by atoms with Gasteiger partial charge in [0.05, 0.1) is 6.26 Å². The summed E-state index contributed by atoms with van der Waals surface area (Å²) in [4.78, 5) is 27.9. The van der Waals surface area contributed by atoms with Gasteiger partial charge in [-0.1, -0.05) is 6.07 Å². The van der Waals surface area contributed by atoms with Crippen molar-refractivity contribution < 1.29 is 22.7 Å². The van der Waals surface area contributed by atoms with Crippen molar-refractivity contribution in [2.45, 2.75) is 26.4 Å². The molecule has 0 unspecified atom stereocenters. The highest BCUT2D eigenvalue weighted by Crippen LogP contribution is 2.16. The van der Waals surface area contributed by atoms with E-state index in [1.54, 1.807) is 28.0 Å². The maximum atomic E-state index is 12.6. The van der Waals surface area contributed by atoms with Gasteiger partial charge < -0.3 is 14.5 Å². The number of ether oxygens (including phenoxy) is 1. The number of benzene rings is 1. The maximum absolute atomic E-state index is 12.6. The lowest BCUT2D eigenvalue weighted by molar-refractivity contribution is 0.0141. The zero-order valence-corrected chi connectivity index (χ0v) is 16.3. The van der Waals surface area contributed by atoms with Gasteiger partial charge in [-0.3, -0.25) is 9.52 Å². The van der Waals surface area contributed by atoms with Crippen LogP contribution in [0.4, 0.5) is 10.5 Å². The molecule has 0 spiro atoms. The molecule has 1 N–H and O–H groups in total. The molecule has 144 valence electrons. The second kappa shape index (κ2) is 7.53. The van der Waals surface area contributed by atoms with Crippen LogP contribution in [-0.2, 0) is 14.8 Å². The van der Waals surface area contributed by atoms with Gasteiger partial charge in [0.25, 0.3) is 5.91 Å². The van der Waals surface area contributed by atoms with E-state index in [9.17, 15) is 18.0 Å². The highest BCUT2D eigenvalue weighted by molar-refractivity contribution is 7.92. The molecule has 8 nitrogen and oxygen atoms in total. The van der Waals surface area contributed by atoms with Gasteiger partial charge in [-0.15, -0.1) is 0 Å². The Balaban J connectivity index is 1.98. The Labute approximate surface area is 154 Å². The number of nitrogens with zero attached hydrogens (tertiary/aromatic N) is 2. The molecule has 1 aromatic carbocycles. The Kier molecular flexibility index (Phi) is 5.80. The summed E-state index contributed by atoms with van der Waals surface area (Å²) >= 11 is 0. The molecule has 1 aliphatic heterocycles. The van der Waals surface area contributed by atoms with Crippen molar-refractivity contribution >= 4 is 27.7 Å². The molecule has 2 amide bonds. The molecular weight excluding hydrogens is 358 g/mol. The second-order valence-electron chi connectivity index (χ2n) is 7.21. The van der Waals surface area contributed by atoms with Crippen LogP contribution in [0.5, 0.6) is 0 Å². The van der Waals surface area contributed by atoms with E-state index in [1.807, 2.05) is 20.8 Å². The topological polar surface area (TPSA) is 96.0 Å². The molecule has 9 heteroatoms. The van der Waals surface area contributed by atoms with Gasteiger partial charge in [-0.05, 0) is 39.0 Å². The lowest BCUT2D eigenvalue weighted by atomic mass is 10.1. The predicted octanol–water partition coefficient (Wildman–Crippen LogP) is 1.75. The Bertz CT molecular complexity index is 778. The number of rotatable bonds is 3. The highest BCUT2D eigenvalue weighted by atomic mass is 32.2. The molecule has 0 radical (unpaired) electrons. The van der Waals surface area contributed by atoms with Crippen LogP contribution in [0.25, 0.3) is 0 Å². The van der Waals surface area contributed by atoms with Crippen LogP contribution >= 0.6 is 0 Å². The molecule has 0 aromatic heterocycles. The number of sulfonamides is 1. The molecule has 1 aromatic rings. The molecule has 1 fully saturated rings. The fourth-order valence-corrected chi connectivity index (χ4v) is 3.09. The third-order valence-corrected chi connectivity index (χ3v) is 4.24. The first-order valence-electron chi connectivity index (χ1n) is 8.30. The largest absolute Gasteiger partial charge is 0.444 e. The Hall–Kier alpha value is -2.29. The number of amides is 2. The molecule has 0 atom stereocenters. The molecule has 0 aliphatic carbocycles. The summed E-state index contributed by atoms with van der Waals surface area (Å²) in [6.07, 6.45) is 0.668. The zero-order chi connectivity index (χ0) is 19.5. The third-order valence-electron chi connectivity index (χ3n) is 3.63. The number of hydrogen-bond donors (Lipinski definition) is 1. The summed E-state index contributed by atoms with van der Waals surface area (Å²) in [5.74, 6) is -0.203. The van der Waals surface area contributed by atoms with Gasteiger partial charge in [0, 0.05) is 37.4 Å². The minimum atomic E-state index is -3.41. The summed E-state index contributed by atoms with van der Waals surface area (Å²) < 4.78 is 30.3. The summed E-state index contributed by atoms with van der Waals surface area (Å²) in [6, 6.07) is 6.34. The lowest BCUT2D eigenvalue weighted by Crippen LogP contribution is -2.51. The maximum Gasteiger partial charge on any atom is 0.410 e. The quantitative estimate of drug-likeness (QED) is 0.858. The first-order valence-corrected chi connectivity index (χ1v) is 10.2. The zero-order valence-electron chi connectivity index (χ0n) is 15.5. The summed E-state index contributed by atoms with van der Waals surface area (Å²) in [6.45, 7) is 6.99. The Morgan fingerprint density at radius 3 is 2.19 bits per heavy atom. The van der Waals surface area contributed by atoms with Gasteiger partial charge >= 0.3 is 6.09 Å². The van der Waals surface area contributed by atoms with Crippen molar-refractivity contribution in [1.82, 2.24) is 9.80 Å². The van der Waals surface area contributed by atoms with Crippen LogP contribution in [0.1, 0.15) is 31.1 Å². The molecule has 0 bridgehead atoms. The number of anilines is 1. The van der Waals surface area contributed by atoms with E-state index in [2.05, 4.69) is 4.72 Å². The standard InChI is InChI=1S/C17H25N3O5S/c1-17(2,3)25-16(22)20-10-8-19(9-11-20)15(21)13-6-5-7-14(12-13)18-26(4,23)24/h5-7,12,18H,8-11H2,1-4H3. The van der Waals surface area contributed by atoms with Gasteiger partial charge in [0.2, 0.25) is 10.0 Å². The van der Waals surface area contributed by atoms with Crippen molar-refractivity contribution in [1.29, 1.82) is 0 Å². The van der Waals surface area contributed by atoms with E-state index < -0.39 is 15.6 Å². The summed E-state index contributed by atoms with van der Waals surface area (Å²) in [7, 11) is -3.41. The predicted molar refractivity (Wildman–Crippen MR) is 98.6 cm³/mol. The SMILES string of the molecule is CC(C)(C)OC(=O)N1CCN(C(=O)c2cccc(NS(C)(=O)=O)c2)CC1. The van der Waals surface area contributed by atoms with Gasteiger partial charge in [0.15, 0.2) is 0 Å². The van der Waals surface area contributed by atoms with E-state index in [-0.39, 0.29) is 12.0 Å². The fourth-order valence-electron chi connectivity index (χ4n) is 2.53. The molecule has 1 aliphatic rings. The molecule has 26 heavy (non-hydrogen) atoms. The van der Waals surface area contributed by atoms with Crippen molar-refractivity contribution in [2.75, 3.05) is 37.2 Å². The second-order valence-corrected chi connectivity index (χ2v) is 8.96. The first-order chi connectivity index (χ1) is 11.9. The van der Waals surface area contributed by atoms with Crippen LogP contribution in [-0.4, -0.2) is 68.3 Å². The molecular formula is C17H25N3O5S. The number of carbonyl (C=O) groups is 2. The van der Waals surface area contributed by atoms with Gasteiger partial charge in [-0.2, -0.15) is 0 Å². The van der Waals surface area contributed by atoms with Crippen molar-refractivity contribution in [2.24, 2.45) is 0 Å². The average Bonchev–Trinajstić information content (AvgIpc) is 2.51. The average molecular weight is 383 g/mol. The Morgan fingerprint density at radius 2 is 1.65 bits per heavy atom. The van der Waals surface area contributed by atoms with Crippen LogP contribution in [0, 0.1) is 0 Å². The lowest BCUT2D eigenvalue weighted by Gasteiger charge is -2.35. The van der Waals surface area contributed by atoms with Crippen LogP contribution < -0.4 is 4.72 Å². The molecule has 1 heterocycles. The van der Waals surface area contributed by atoms with E-state index in [0.717, 1.165) is 6.26 Å². The number of piperazine rings is 1. The summed E-state index contributed by atoms with van der Waals surface area (Å²) in [5.41, 5.74) is 0.173. The van der Waals surface area contributed by atoms with Crippen LogP contribution in [0.15, 0.2) is 24.3 Å². The smallest absolute Gasteiger partial charge is 0.410 e. The highest BCUT2D eigenvalue weighted by Gasteiger charge is 2.28. The van der Waals surface area contributed by atoms with Crippen LogP contribution in [0.2, 0.25) is 0 Å². The van der Waals surface area contributed by atoms with Crippen molar-refractivity contribution in [3.05, 3.63) is 29.8 Å². The third kappa shape index (κ3) is 5.91. The van der Waals surface area contributed by atoms with Gasteiger partial charge in [0.1, 0.15) is 5.60 Å². The van der Waals surface area contributed by atoms with Gasteiger partial charge in [-0.25, -0.2) is 13.2 Å². The summed E-state index contributed by atoms with van der Waals surface area (Å²) in [5, 5.41) is 0. The van der Waals surface area contributed by atoms with Crippen molar-refractivity contribution in [3.8, 4) is 0 Å².